The summed E-state index contributed by atoms with van der Waals surface area (Å²) in [5.41, 5.74) is -0.583. The smallest absolute Gasteiger partial charge is 0.327 e. The van der Waals surface area contributed by atoms with Gasteiger partial charge in [0.1, 0.15) is 6.04 Å². The predicted molar refractivity (Wildman–Crippen MR) is 75.4 cm³/mol. The Morgan fingerprint density at radius 3 is 2.00 bits per heavy atom. The molecule has 2 aliphatic heterocycles. The fraction of sp³-hybridized carbons (Fsp3) is 0.769. The number of carbonyl (C=O) groups is 3. The number of carboxylic acid groups (broad SMARTS) is 2. The Bertz CT molecular complexity index is 441. The number of β-lactam (4-membered cyclic amide) rings is 1. The maximum atomic E-state index is 11.2. The Morgan fingerprint density at radius 1 is 1.30 bits per heavy atom. The van der Waals surface area contributed by atoms with E-state index in [4.69, 9.17) is 10.2 Å². The van der Waals surface area contributed by atoms with Crippen LogP contribution in [-0.2, 0) is 14.4 Å². The molecule has 6 nitrogen and oxygen atoms in total. The van der Waals surface area contributed by atoms with Gasteiger partial charge < -0.3 is 15.1 Å². The predicted octanol–water partition coefficient (Wildman–Crippen LogP) is 1.64. The molecule has 0 bridgehead atoms. The summed E-state index contributed by atoms with van der Waals surface area (Å²) in [6, 6.07) is -0.649. The standard InChI is InChI=1S/C8H11NO3S.C5H10O2/c1-8(2)6(7(11)12)9-4(10)3-5(9)13-8;1-5(2,3)4(6)7/h5-6H,3H2,1-2H3,(H,11,12);1-3H3,(H,6,7). The average molecular weight is 303 g/mol. The summed E-state index contributed by atoms with van der Waals surface area (Å²) in [5, 5.41) is 17.3. The first kappa shape index (κ1) is 16.8. The molecule has 2 fully saturated rings. The lowest BCUT2D eigenvalue weighted by Gasteiger charge is -2.36. The molecular weight excluding hydrogens is 282 g/mol. The minimum atomic E-state index is -0.895. The van der Waals surface area contributed by atoms with Crippen molar-refractivity contribution in [3.63, 3.8) is 0 Å². The highest BCUT2D eigenvalue weighted by atomic mass is 32.2. The summed E-state index contributed by atoms with van der Waals surface area (Å²) < 4.78 is -0.358. The summed E-state index contributed by atoms with van der Waals surface area (Å²) in [4.78, 5) is 33.6. The number of aliphatic carboxylic acids is 2. The highest BCUT2D eigenvalue weighted by Gasteiger charge is 2.58. The van der Waals surface area contributed by atoms with Crippen LogP contribution in [0.4, 0.5) is 0 Å². The van der Waals surface area contributed by atoms with Crippen molar-refractivity contribution in [2.24, 2.45) is 5.41 Å². The van der Waals surface area contributed by atoms with Gasteiger partial charge in [0.2, 0.25) is 5.91 Å². The van der Waals surface area contributed by atoms with Crippen LogP contribution in [0.15, 0.2) is 0 Å². The topological polar surface area (TPSA) is 94.9 Å². The number of hydrogen-bond donors (Lipinski definition) is 2. The lowest BCUT2D eigenvalue weighted by Crippen LogP contribution is -2.56. The highest BCUT2D eigenvalue weighted by Crippen LogP contribution is 2.50. The van der Waals surface area contributed by atoms with E-state index in [2.05, 4.69) is 0 Å². The number of carbonyl (C=O) groups excluding carboxylic acids is 1. The largest absolute Gasteiger partial charge is 0.481 e. The average Bonchev–Trinajstić information content (AvgIpc) is 2.45. The van der Waals surface area contributed by atoms with E-state index in [1.165, 1.54) is 4.90 Å². The minimum Gasteiger partial charge on any atom is -0.481 e. The van der Waals surface area contributed by atoms with E-state index in [0.29, 0.717) is 6.42 Å². The molecule has 0 spiro atoms. The summed E-state index contributed by atoms with van der Waals surface area (Å²) in [6.45, 7) is 8.74. The summed E-state index contributed by atoms with van der Waals surface area (Å²) in [5.74, 6) is -1.68. The summed E-state index contributed by atoms with van der Waals surface area (Å²) in [6.07, 6.45) is 0.498. The molecule has 7 heteroatoms. The van der Waals surface area contributed by atoms with Gasteiger partial charge in [0.15, 0.2) is 0 Å². The number of carboxylic acids is 2. The molecule has 0 aromatic carbocycles. The van der Waals surface area contributed by atoms with Gasteiger partial charge >= 0.3 is 11.9 Å². The van der Waals surface area contributed by atoms with Crippen molar-refractivity contribution in [2.75, 3.05) is 0 Å². The SMILES string of the molecule is CC(C)(C)C(=O)O.CC1(C)SC2CC(=O)N2C1C(=O)O. The zero-order chi connectivity index (χ0) is 15.9. The van der Waals surface area contributed by atoms with Crippen LogP contribution in [0.25, 0.3) is 0 Å². The van der Waals surface area contributed by atoms with E-state index < -0.39 is 23.4 Å². The number of nitrogens with zero attached hydrogens (tertiary/aromatic N) is 1. The monoisotopic (exact) mass is 303 g/mol. The third kappa shape index (κ3) is 3.26. The minimum absolute atomic E-state index is 0.0320. The molecule has 2 aliphatic rings. The normalized spacial score (nSPS) is 27.1. The van der Waals surface area contributed by atoms with E-state index in [9.17, 15) is 14.4 Å². The van der Waals surface area contributed by atoms with E-state index in [1.807, 2.05) is 13.8 Å². The molecule has 0 aliphatic carbocycles. The van der Waals surface area contributed by atoms with Crippen molar-refractivity contribution in [1.82, 2.24) is 4.90 Å². The van der Waals surface area contributed by atoms with Crippen LogP contribution < -0.4 is 0 Å². The second-order valence-corrected chi connectivity index (χ2v) is 8.31. The van der Waals surface area contributed by atoms with Gasteiger partial charge in [-0.1, -0.05) is 0 Å². The van der Waals surface area contributed by atoms with Gasteiger partial charge in [0.25, 0.3) is 0 Å². The third-order valence-corrected chi connectivity index (χ3v) is 4.70. The number of rotatable bonds is 1. The van der Waals surface area contributed by atoms with Gasteiger partial charge in [0, 0.05) is 4.75 Å². The molecule has 2 rings (SSSR count). The molecular formula is C13H21NO5S. The first-order chi connectivity index (χ1) is 8.88. The van der Waals surface area contributed by atoms with Crippen LogP contribution in [0.3, 0.4) is 0 Å². The molecule has 1 amide bonds. The maximum absolute atomic E-state index is 11.2. The summed E-state index contributed by atoms with van der Waals surface area (Å²) in [7, 11) is 0. The third-order valence-electron chi connectivity index (χ3n) is 3.20. The van der Waals surface area contributed by atoms with E-state index >= 15 is 0 Å². The maximum Gasteiger partial charge on any atom is 0.327 e. The van der Waals surface area contributed by atoms with E-state index in [-0.39, 0.29) is 16.0 Å². The van der Waals surface area contributed by atoms with Crippen LogP contribution in [-0.4, -0.2) is 49.1 Å². The fourth-order valence-electron chi connectivity index (χ4n) is 1.98. The van der Waals surface area contributed by atoms with Crippen molar-refractivity contribution in [1.29, 1.82) is 0 Å². The first-order valence-electron chi connectivity index (χ1n) is 6.33. The molecule has 0 radical (unpaired) electrons. The van der Waals surface area contributed by atoms with Gasteiger partial charge in [-0.2, -0.15) is 0 Å². The zero-order valence-corrected chi connectivity index (χ0v) is 13.2. The highest BCUT2D eigenvalue weighted by molar-refractivity contribution is 8.01. The van der Waals surface area contributed by atoms with Crippen molar-refractivity contribution in [2.45, 2.75) is 57.2 Å². The molecule has 0 saturated carbocycles. The molecule has 0 aromatic heterocycles. The van der Waals surface area contributed by atoms with Crippen LogP contribution in [0.1, 0.15) is 41.0 Å². The number of thioether (sulfide) groups is 1. The van der Waals surface area contributed by atoms with Crippen LogP contribution in [0, 0.1) is 5.41 Å². The molecule has 114 valence electrons. The Hall–Kier alpha value is -1.24. The van der Waals surface area contributed by atoms with Gasteiger partial charge in [-0.3, -0.25) is 9.59 Å². The van der Waals surface area contributed by atoms with Crippen LogP contribution >= 0.6 is 11.8 Å². The Labute approximate surface area is 122 Å². The zero-order valence-electron chi connectivity index (χ0n) is 12.3. The van der Waals surface area contributed by atoms with Crippen molar-refractivity contribution < 1.29 is 24.6 Å². The van der Waals surface area contributed by atoms with Crippen molar-refractivity contribution >= 4 is 29.6 Å². The first-order valence-corrected chi connectivity index (χ1v) is 7.21. The number of amides is 1. The Morgan fingerprint density at radius 2 is 1.75 bits per heavy atom. The second kappa shape index (κ2) is 5.27. The Balaban J connectivity index is 0.000000246. The van der Waals surface area contributed by atoms with Crippen molar-refractivity contribution in [3.05, 3.63) is 0 Å². The van der Waals surface area contributed by atoms with Gasteiger partial charge in [0.05, 0.1) is 17.2 Å². The van der Waals surface area contributed by atoms with E-state index in [1.54, 1.807) is 32.5 Å². The van der Waals surface area contributed by atoms with Gasteiger partial charge in [-0.25, -0.2) is 4.79 Å². The lowest BCUT2D eigenvalue weighted by atomic mass is 9.98. The van der Waals surface area contributed by atoms with Crippen molar-refractivity contribution in [3.8, 4) is 0 Å². The Kier molecular flexibility index (Phi) is 4.43. The van der Waals surface area contributed by atoms with E-state index in [0.717, 1.165) is 0 Å². The van der Waals surface area contributed by atoms with Crippen LogP contribution in [0.2, 0.25) is 0 Å². The number of hydrogen-bond acceptors (Lipinski definition) is 4. The fourth-order valence-corrected chi connectivity index (χ4v) is 3.60. The van der Waals surface area contributed by atoms with Crippen LogP contribution in [0.5, 0.6) is 0 Å². The quantitative estimate of drug-likeness (QED) is 0.715. The number of fused-ring (bicyclic) bond motifs is 1. The molecule has 2 heterocycles. The lowest BCUT2D eigenvalue weighted by molar-refractivity contribution is -0.157. The molecule has 2 atom stereocenters. The van der Waals surface area contributed by atoms with Gasteiger partial charge in [-0.05, 0) is 34.6 Å². The molecule has 0 aromatic rings. The molecule has 2 saturated heterocycles. The molecule has 20 heavy (non-hydrogen) atoms. The second-order valence-electron chi connectivity index (χ2n) is 6.48. The molecule has 2 N–H and O–H groups in total. The molecule has 2 unspecified atom stereocenters. The summed E-state index contributed by atoms with van der Waals surface area (Å²) >= 11 is 1.58. The van der Waals surface area contributed by atoms with Gasteiger partial charge in [-0.15, -0.1) is 11.8 Å².